The van der Waals surface area contributed by atoms with Gasteiger partial charge in [0.2, 0.25) is 0 Å². The van der Waals surface area contributed by atoms with Crippen LogP contribution in [0, 0.1) is 24.7 Å². The maximum Gasteiger partial charge on any atom is 0.339 e. The van der Waals surface area contributed by atoms with E-state index in [4.69, 9.17) is 23.1 Å². The third-order valence-corrected chi connectivity index (χ3v) is 6.59. The first-order chi connectivity index (χ1) is 22.2. The molecule has 46 heavy (non-hydrogen) atoms. The smallest absolute Gasteiger partial charge is 0.339 e. The second-order valence-electron chi connectivity index (χ2n) is 9.56. The first kappa shape index (κ1) is 30.3. The van der Waals surface area contributed by atoms with Crippen LogP contribution in [0.1, 0.15) is 31.8 Å². The summed E-state index contributed by atoms with van der Waals surface area (Å²) in [6.45, 7) is 0. The molecule has 4 aromatic carbocycles. The predicted octanol–water partition coefficient (Wildman–Crippen LogP) is 4.64. The molecular weight excluding hydrogens is 588 g/mol. The molecular formula is C34H22N6O6. The molecule has 0 fully saturated rings. The number of carboxylic acids is 2. The molecule has 2 heterocycles. The van der Waals surface area contributed by atoms with Gasteiger partial charge in [0.1, 0.15) is 34.0 Å². The average Bonchev–Trinajstić information content (AvgIpc) is 3.76. The molecule has 0 radical (unpaired) electrons. The van der Waals surface area contributed by atoms with E-state index >= 15 is 0 Å². The molecule has 0 atom stereocenters. The van der Waals surface area contributed by atoms with Crippen LogP contribution in [-0.4, -0.2) is 62.4 Å². The average molecular weight is 611 g/mol. The lowest BCUT2D eigenvalue weighted by Gasteiger charge is -2.04. The fourth-order valence-electron chi connectivity index (χ4n) is 4.27. The molecule has 0 saturated heterocycles. The molecule has 2 aromatic heterocycles. The van der Waals surface area contributed by atoms with Gasteiger partial charge in [0, 0.05) is 34.4 Å². The summed E-state index contributed by atoms with van der Waals surface area (Å²) in [5.74, 6) is 1.78. The van der Waals surface area contributed by atoms with Crippen molar-refractivity contribution in [2.75, 3.05) is 0 Å². The van der Waals surface area contributed by atoms with Crippen molar-refractivity contribution < 1.29 is 30.0 Å². The summed E-state index contributed by atoms with van der Waals surface area (Å²) in [6.07, 6.45) is 13.6. The Morgan fingerprint density at radius 3 is 1.43 bits per heavy atom. The zero-order chi connectivity index (χ0) is 32.8. The zero-order valence-corrected chi connectivity index (χ0v) is 23.7. The van der Waals surface area contributed by atoms with Crippen LogP contribution >= 0.6 is 0 Å². The van der Waals surface area contributed by atoms with Crippen molar-refractivity contribution in [1.82, 2.24) is 30.0 Å². The van der Waals surface area contributed by atoms with Crippen LogP contribution < -0.4 is 0 Å². The largest absolute Gasteiger partial charge is 0.507 e. The van der Waals surface area contributed by atoms with Gasteiger partial charge in [-0.15, -0.1) is 23.0 Å². The van der Waals surface area contributed by atoms with Crippen molar-refractivity contribution in [2.45, 2.75) is 0 Å². The van der Waals surface area contributed by atoms with E-state index < -0.39 is 11.9 Å². The molecule has 6 aromatic rings. The van der Waals surface area contributed by atoms with Crippen molar-refractivity contribution in [1.29, 1.82) is 0 Å². The highest BCUT2D eigenvalue weighted by Gasteiger charge is 2.14. The molecule has 12 nitrogen and oxygen atoms in total. The standard InChI is InChI=1S/C24H16N6O6.C10H6/c31-21-9-15(4-6-17(21)23(33)34)29-11-19(25-27-29)13-2-1-3-14(8-13)20-12-30(28-26-20)16-5-7-18(24(35)36)22(32)10-16;1-3-9-6-5-7-10(4-2)8-9/h1-12,31-32H,(H,33,34)(H,35,36);1-2,5-8H. The highest BCUT2D eigenvalue weighted by atomic mass is 16.4. The number of nitrogens with zero attached hydrogens (tertiary/aromatic N) is 6. The lowest BCUT2D eigenvalue weighted by Crippen LogP contribution is -1.99. The molecule has 4 N–H and O–H groups in total. The quantitative estimate of drug-likeness (QED) is 0.194. The van der Waals surface area contributed by atoms with Crippen molar-refractivity contribution >= 4 is 11.9 Å². The fourth-order valence-corrected chi connectivity index (χ4v) is 4.27. The maximum atomic E-state index is 11.1. The van der Waals surface area contributed by atoms with Crippen LogP contribution in [0.5, 0.6) is 11.5 Å². The molecule has 0 unspecified atom stereocenters. The van der Waals surface area contributed by atoms with E-state index in [2.05, 4.69) is 32.5 Å². The molecule has 224 valence electrons. The minimum Gasteiger partial charge on any atom is -0.507 e. The summed E-state index contributed by atoms with van der Waals surface area (Å²) < 4.78 is 2.83. The second-order valence-corrected chi connectivity index (χ2v) is 9.56. The molecule has 0 spiro atoms. The summed E-state index contributed by atoms with van der Waals surface area (Å²) >= 11 is 0. The van der Waals surface area contributed by atoms with E-state index in [-0.39, 0.29) is 22.6 Å². The number of hydrogen-bond acceptors (Lipinski definition) is 8. The lowest BCUT2D eigenvalue weighted by atomic mass is 10.1. The Hall–Kier alpha value is -7.18. The monoisotopic (exact) mass is 610 g/mol. The number of aromatic nitrogens is 6. The number of carboxylic acid groups (broad SMARTS) is 2. The normalized spacial score (nSPS) is 10.2. The number of terminal acetylenes is 2. The van der Waals surface area contributed by atoms with Crippen molar-refractivity contribution in [2.24, 2.45) is 0 Å². The van der Waals surface area contributed by atoms with Gasteiger partial charge < -0.3 is 20.4 Å². The third-order valence-electron chi connectivity index (χ3n) is 6.59. The summed E-state index contributed by atoms with van der Waals surface area (Å²) in [6, 6.07) is 22.8. The van der Waals surface area contributed by atoms with Crippen molar-refractivity contribution in [3.63, 3.8) is 0 Å². The second kappa shape index (κ2) is 13.0. The van der Waals surface area contributed by atoms with E-state index in [1.54, 1.807) is 18.5 Å². The Labute approximate surface area is 261 Å². The van der Waals surface area contributed by atoms with Gasteiger partial charge in [0.05, 0.1) is 23.8 Å². The van der Waals surface area contributed by atoms with Gasteiger partial charge in [0.15, 0.2) is 0 Å². The minimum atomic E-state index is -1.24. The summed E-state index contributed by atoms with van der Waals surface area (Å²) in [4.78, 5) is 22.2. The lowest BCUT2D eigenvalue weighted by molar-refractivity contribution is 0.0682. The molecule has 0 aliphatic rings. The van der Waals surface area contributed by atoms with Crippen LogP contribution in [0.3, 0.4) is 0 Å². The first-order valence-corrected chi connectivity index (χ1v) is 13.3. The fraction of sp³-hybridized carbons (Fsp3) is 0. The van der Waals surface area contributed by atoms with Crippen LogP contribution in [0.4, 0.5) is 0 Å². The Balaban J connectivity index is 0.000000356. The van der Waals surface area contributed by atoms with Gasteiger partial charge in [-0.2, -0.15) is 0 Å². The highest BCUT2D eigenvalue weighted by molar-refractivity contribution is 5.91. The van der Waals surface area contributed by atoms with Crippen LogP contribution in [0.15, 0.2) is 97.3 Å². The van der Waals surface area contributed by atoms with Gasteiger partial charge in [0.25, 0.3) is 0 Å². The van der Waals surface area contributed by atoms with E-state index in [0.717, 1.165) is 22.3 Å². The van der Waals surface area contributed by atoms with E-state index in [1.165, 1.54) is 45.8 Å². The first-order valence-electron chi connectivity index (χ1n) is 13.3. The SMILES string of the molecule is C#Cc1cccc(C#C)c1.O=C(O)c1ccc(-n2cc(-c3cccc(-c4cn(-c5ccc(C(=O)O)c(O)c5)nn4)c3)nn2)cc1O. The van der Waals surface area contributed by atoms with Crippen LogP contribution in [0.2, 0.25) is 0 Å². The van der Waals surface area contributed by atoms with Crippen molar-refractivity contribution in [3.05, 3.63) is 120 Å². The van der Waals surface area contributed by atoms with E-state index in [1.807, 2.05) is 42.5 Å². The number of phenols is 2. The third kappa shape index (κ3) is 6.57. The predicted molar refractivity (Wildman–Crippen MR) is 167 cm³/mol. The molecule has 0 aliphatic heterocycles. The topological polar surface area (TPSA) is 176 Å². The Morgan fingerprint density at radius 2 is 1.04 bits per heavy atom. The zero-order valence-electron chi connectivity index (χ0n) is 23.7. The summed E-state index contributed by atoms with van der Waals surface area (Å²) in [5, 5.41) is 54.5. The van der Waals surface area contributed by atoms with E-state index in [9.17, 15) is 19.8 Å². The maximum absolute atomic E-state index is 11.1. The molecule has 12 heteroatoms. The van der Waals surface area contributed by atoms with Gasteiger partial charge in [-0.3, -0.25) is 0 Å². The Morgan fingerprint density at radius 1 is 0.609 bits per heavy atom. The molecule has 0 amide bonds. The number of carbonyl (C=O) groups is 2. The molecule has 0 bridgehead atoms. The van der Waals surface area contributed by atoms with Crippen LogP contribution in [-0.2, 0) is 0 Å². The minimum absolute atomic E-state index is 0.215. The molecule has 0 saturated carbocycles. The van der Waals surface area contributed by atoms with Gasteiger partial charge in [-0.25, -0.2) is 19.0 Å². The number of aromatic hydroxyl groups is 2. The summed E-state index contributed by atoms with van der Waals surface area (Å²) in [7, 11) is 0. The number of benzene rings is 4. The van der Waals surface area contributed by atoms with Crippen LogP contribution in [0.25, 0.3) is 33.9 Å². The van der Waals surface area contributed by atoms with E-state index in [0.29, 0.717) is 22.8 Å². The molecule has 0 aliphatic carbocycles. The van der Waals surface area contributed by atoms with Gasteiger partial charge in [-0.1, -0.05) is 46.5 Å². The number of hydrogen-bond donors (Lipinski definition) is 4. The molecule has 6 rings (SSSR count). The number of rotatable bonds is 6. The Kier molecular flexibility index (Phi) is 8.55. The van der Waals surface area contributed by atoms with Crippen molar-refractivity contribution in [3.8, 4) is 70.1 Å². The number of aromatic carboxylic acids is 2. The summed E-state index contributed by atoms with van der Waals surface area (Å²) in [5.41, 5.74) is 4.61. The van der Waals surface area contributed by atoms with Gasteiger partial charge in [-0.05, 0) is 48.5 Å². The highest BCUT2D eigenvalue weighted by Crippen LogP contribution is 2.27. The van der Waals surface area contributed by atoms with Gasteiger partial charge >= 0.3 is 11.9 Å². The Bertz CT molecular complexity index is 2040.